The van der Waals surface area contributed by atoms with E-state index in [4.69, 9.17) is 11.6 Å². The van der Waals surface area contributed by atoms with E-state index in [2.05, 4.69) is 27.0 Å². The lowest BCUT2D eigenvalue weighted by atomic mass is 10.3. The minimum atomic E-state index is 0.00102. The average Bonchev–Trinajstić information content (AvgIpc) is 2.46. The molecule has 0 saturated carbocycles. The van der Waals surface area contributed by atoms with Crippen molar-refractivity contribution in [3.63, 3.8) is 0 Å². The smallest absolute Gasteiger partial charge is 0.140 e. The maximum atomic E-state index is 6.07. The van der Waals surface area contributed by atoms with Crippen LogP contribution in [0, 0.1) is 0 Å². The van der Waals surface area contributed by atoms with Crippen LogP contribution in [-0.4, -0.2) is 9.55 Å². The Bertz CT molecular complexity index is 476. The Hall–Kier alpha value is -0.540. The first kappa shape index (κ1) is 9.99. The SMILES string of the molecule is CC(Cl)c1cc2c(Br)ccnc2n1C. The highest BCUT2D eigenvalue weighted by Gasteiger charge is 2.12. The van der Waals surface area contributed by atoms with Gasteiger partial charge in [-0.2, -0.15) is 0 Å². The number of alkyl halides is 1. The molecule has 1 unspecified atom stereocenters. The summed E-state index contributed by atoms with van der Waals surface area (Å²) < 4.78 is 3.08. The fraction of sp³-hybridized carbons (Fsp3) is 0.300. The van der Waals surface area contributed by atoms with E-state index in [1.807, 2.05) is 24.6 Å². The molecule has 1 atom stereocenters. The van der Waals surface area contributed by atoms with Gasteiger partial charge in [0.25, 0.3) is 0 Å². The molecule has 0 aliphatic rings. The second kappa shape index (κ2) is 3.55. The highest BCUT2D eigenvalue weighted by molar-refractivity contribution is 9.10. The number of aryl methyl sites for hydroxylation is 1. The topological polar surface area (TPSA) is 17.8 Å². The molecule has 0 N–H and O–H groups in total. The van der Waals surface area contributed by atoms with Gasteiger partial charge in [-0.1, -0.05) is 0 Å². The lowest BCUT2D eigenvalue weighted by Crippen LogP contribution is -1.96. The van der Waals surface area contributed by atoms with E-state index < -0.39 is 0 Å². The maximum Gasteiger partial charge on any atom is 0.140 e. The number of hydrogen-bond acceptors (Lipinski definition) is 1. The van der Waals surface area contributed by atoms with Crippen LogP contribution in [0.2, 0.25) is 0 Å². The predicted molar refractivity (Wildman–Crippen MR) is 62.7 cm³/mol. The molecule has 2 nitrogen and oxygen atoms in total. The molecule has 14 heavy (non-hydrogen) atoms. The van der Waals surface area contributed by atoms with E-state index in [1.54, 1.807) is 6.20 Å². The highest BCUT2D eigenvalue weighted by Crippen LogP contribution is 2.29. The standard InChI is InChI=1S/C10H10BrClN2/c1-6(12)9-5-7-8(11)3-4-13-10(7)14(9)2/h3-6H,1-2H3. The van der Waals surface area contributed by atoms with Gasteiger partial charge in [0.05, 0.1) is 5.38 Å². The maximum absolute atomic E-state index is 6.07. The molecule has 0 amide bonds. The van der Waals surface area contributed by atoms with Crippen molar-refractivity contribution in [1.82, 2.24) is 9.55 Å². The van der Waals surface area contributed by atoms with Gasteiger partial charge in [-0.05, 0) is 35.0 Å². The summed E-state index contributed by atoms with van der Waals surface area (Å²) >= 11 is 9.57. The molecule has 2 heterocycles. The summed E-state index contributed by atoms with van der Waals surface area (Å²) in [4.78, 5) is 4.32. The zero-order valence-electron chi connectivity index (χ0n) is 7.96. The van der Waals surface area contributed by atoms with Gasteiger partial charge in [-0.15, -0.1) is 11.6 Å². The van der Waals surface area contributed by atoms with Gasteiger partial charge in [0, 0.05) is 28.8 Å². The molecule has 0 fully saturated rings. The third-order valence-corrected chi connectivity index (χ3v) is 3.24. The molecule has 2 rings (SSSR count). The molecule has 0 aliphatic carbocycles. The zero-order valence-corrected chi connectivity index (χ0v) is 10.3. The first-order valence-corrected chi connectivity index (χ1v) is 5.58. The van der Waals surface area contributed by atoms with E-state index in [-0.39, 0.29) is 5.38 Å². The van der Waals surface area contributed by atoms with Crippen LogP contribution in [0.1, 0.15) is 18.0 Å². The Morgan fingerprint density at radius 3 is 2.86 bits per heavy atom. The van der Waals surface area contributed by atoms with Crippen molar-refractivity contribution in [2.75, 3.05) is 0 Å². The minimum Gasteiger partial charge on any atom is -0.331 e. The zero-order chi connectivity index (χ0) is 10.3. The quantitative estimate of drug-likeness (QED) is 0.726. The number of aromatic nitrogens is 2. The van der Waals surface area contributed by atoms with Gasteiger partial charge in [0.1, 0.15) is 5.65 Å². The Morgan fingerprint density at radius 1 is 1.57 bits per heavy atom. The fourth-order valence-corrected chi connectivity index (χ4v) is 2.21. The van der Waals surface area contributed by atoms with E-state index in [0.29, 0.717) is 0 Å². The van der Waals surface area contributed by atoms with Crippen molar-refractivity contribution in [1.29, 1.82) is 0 Å². The summed E-state index contributed by atoms with van der Waals surface area (Å²) in [6.45, 7) is 1.96. The second-order valence-electron chi connectivity index (χ2n) is 3.27. The van der Waals surface area contributed by atoms with Crippen LogP contribution < -0.4 is 0 Å². The van der Waals surface area contributed by atoms with E-state index in [0.717, 1.165) is 21.2 Å². The van der Waals surface area contributed by atoms with Crippen molar-refractivity contribution < 1.29 is 0 Å². The molecule has 0 saturated heterocycles. The van der Waals surface area contributed by atoms with Gasteiger partial charge < -0.3 is 4.57 Å². The second-order valence-corrected chi connectivity index (χ2v) is 4.78. The van der Waals surface area contributed by atoms with Crippen LogP contribution in [0.15, 0.2) is 22.8 Å². The van der Waals surface area contributed by atoms with Gasteiger partial charge in [-0.3, -0.25) is 0 Å². The normalized spacial score (nSPS) is 13.4. The Labute approximate surface area is 96.0 Å². The van der Waals surface area contributed by atoms with Crippen molar-refractivity contribution >= 4 is 38.6 Å². The molecule has 4 heteroatoms. The molecule has 2 aromatic heterocycles. The molecule has 0 aliphatic heterocycles. The number of rotatable bonds is 1. The van der Waals surface area contributed by atoms with Crippen LogP contribution in [0.4, 0.5) is 0 Å². The lowest BCUT2D eigenvalue weighted by molar-refractivity contribution is 0.839. The summed E-state index contributed by atoms with van der Waals surface area (Å²) in [7, 11) is 1.98. The van der Waals surface area contributed by atoms with Gasteiger partial charge in [-0.25, -0.2) is 4.98 Å². The van der Waals surface area contributed by atoms with Crippen LogP contribution >= 0.6 is 27.5 Å². The fourth-order valence-electron chi connectivity index (χ4n) is 1.59. The number of fused-ring (bicyclic) bond motifs is 1. The molecule has 0 bridgehead atoms. The molecule has 0 aromatic carbocycles. The molecule has 2 aromatic rings. The first-order chi connectivity index (χ1) is 6.61. The van der Waals surface area contributed by atoms with E-state index in [1.165, 1.54) is 0 Å². The Kier molecular flexibility index (Phi) is 2.54. The van der Waals surface area contributed by atoms with Gasteiger partial charge in [0.2, 0.25) is 0 Å². The van der Waals surface area contributed by atoms with Crippen LogP contribution in [0.3, 0.4) is 0 Å². The van der Waals surface area contributed by atoms with Crippen molar-refractivity contribution in [3.8, 4) is 0 Å². The largest absolute Gasteiger partial charge is 0.331 e. The van der Waals surface area contributed by atoms with Crippen molar-refractivity contribution in [3.05, 3.63) is 28.5 Å². The molecular weight excluding hydrogens is 263 g/mol. The Balaban J connectivity index is 2.80. The number of pyridine rings is 1. The summed E-state index contributed by atoms with van der Waals surface area (Å²) in [5.41, 5.74) is 2.04. The summed E-state index contributed by atoms with van der Waals surface area (Å²) in [6, 6.07) is 4.01. The van der Waals surface area contributed by atoms with Gasteiger partial charge >= 0.3 is 0 Å². The number of halogens is 2. The monoisotopic (exact) mass is 272 g/mol. The lowest BCUT2D eigenvalue weighted by Gasteiger charge is -2.04. The molecule has 74 valence electrons. The molecular formula is C10H10BrClN2. The third-order valence-electron chi connectivity index (χ3n) is 2.32. The third kappa shape index (κ3) is 1.44. The van der Waals surface area contributed by atoms with E-state index >= 15 is 0 Å². The van der Waals surface area contributed by atoms with Crippen molar-refractivity contribution in [2.24, 2.45) is 7.05 Å². The first-order valence-electron chi connectivity index (χ1n) is 4.35. The Morgan fingerprint density at radius 2 is 2.29 bits per heavy atom. The number of hydrogen-bond donors (Lipinski definition) is 0. The highest BCUT2D eigenvalue weighted by atomic mass is 79.9. The molecule has 0 radical (unpaired) electrons. The van der Waals surface area contributed by atoms with Crippen molar-refractivity contribution in [2.45, 2.75) is 12.3 Å². The van der Waals surface area contributed by atoms with Crippen LogP contribution in [-0.2, 0) is 7.05 Å². The summed E-state index contributed by atoms with van der Waals surface area (Å²) in [6.07, 6.45) is 1.79. The average molecular weight is 274 g/mol. The predicted octanol–water partition coefficient (Wildman–Crippen LogP) is 3.64. The number of nitrogens with zero attached hydrogens (tertiary/aromatic N) is 2. The van der Waals surface area contributed by atoms with E-state index in [9.17, 15) is 0 Å². The van der Waals surface area contributed by atoms with Crippen LogP contribution in [0.25, 0.3) is 11.0 Å². The summed E-state index contributed by atoms with van der Waals surface area (Å²) in [5, 5.41) is 1.11. The molecule has 0 spiro atoms. The minimum absolute atomic E-state index is 0.00102. The summed E-state index contributed by atoms with van der Waals surface area (Å²) in [5.74, 6) is 0. The van der Waals surface area contributed by atoms with Crippen LogP contribution in [0.5, 0.6) is 0 Å². The van der Waals surface area contributed by atoms with Gasteiger partial charge in [0.15, 0.2) is 0 Å².